The summed E-state index contributed by atoms with van der Waals surface area (Å²) in [4.78, 5) is 19.5. The largest absolute Gasteiger partial charge is 0.379 e. The summed E-state index contributed by atoms with van der Waals surface area (Å²) in [5.41, 5.74) is 2.58. The van der Waals surface area contributed by atoms with Crippen LogP contribution in [0.2, 0.25) is 0 Å². The van der Waals surface area contributed by atoms with Crippen LogP contribution in [0.25, 0.3) is 0 Å². The third-order valence-corrected chi connectivity index (χ3v) is 2.56. The van der Waals surface area contributed by atoms with E-state index in [0.29, 0.717) is 13.0 Å². The molecule has 1 amide bonds. The molecule has 98 valence electrons. The first kappa shape index (κ1) is 13.0. The third kappa shape index (κ3) is 4.06. The number of anilines is 2. The number of benzene rings is 1. The molecule has 1 heterocycles. The molecule has 2 rings (SSSR count). The van der Waals surface area contributed by atoms with Crippen LogP contribution in [0.5, 0.6) is 0 Å². The maximum atomic E-state index is 11.3. The van der Waals surface area contributed by atoms with Gasteiger partial charge in [0.2, 0.25) is 5.91 Å². The van der Waals surface area contributed by atoms with Gasteiger partial charge in [0.1, 0.15) is 0 Å². The van der Waals surface area contributed by atoms with E-state index in [0.717, 1.165) is 17.1 Å². The highest BCUT2D eigenvalue weighted by Crippen LogP contribution is 2.15. The Morgan fingerprint density at radius 2 is 2.11 bits per heavy atom. The highest BCUT2D eigenvalue weighted by atomic mass is 16.1. The zero-order valence-corrected chi connectivity index (χ0v) is 10.8. The minimum atomic E-state index is 0.00563. The van der Waals surface area contributed by atoms with Crippen LogP contribution in [-0.2, 0) is 11.3 Å². The standard InChI is InChI=1S/C14H16N4O/c1-2-14(19)18-12-5-3-4-11(8-12)17-10-13-9-15-6-7-16-13/h3-9,17H,2,10H2,1H3,(H,18,19). The predicted molar refractivity (Wildman–Crippen MR) is 74.7 cm³/mol. The van der Waals surface area contributed by atoms with E-state index in [2.05, 4.69) is 20.6 Å². The average molecular weight is 256 g/mol. The zero-order chi connectivity index (χ0) is 13.5. The fourth-order valence-corrected chi connectivity index (χ4v) is 1.57. The number of nitrogens with one attached hydrogen (secondary N) is 2. The lowest BCUT2D eigenvalue weighted by molar-refractivity contribution is -0.115. The Bertz CT molecular complexity index is 542. The average Bonchev–Trinajstić information content (AvgIpc) is 2.46. The SMILES string of the molecule is CCC(=O)Nc1cccc(NCc2cnccn2)c1. The first-order valence-electron chi connectivity index (χ1n) is 6.16. The van der Waals surface area contributed by atoms with Crippen molar-refractivity contribution >= 4 is 17.3 Å². The molecule has 0 bridgehead atoms. The Balaban J connectivity index is 1.97. The number of nitrogens with zero attached hydrogens (tertiary/aromatic N) is 2. The van der Waals surface area contributed by atoms with Gasteiger partial charge in [-0.1, -0.05) is 13.0 Å². The maximum Gasteiger partial charge on any atom is 0.224 e. The molecule has 0 aliphatic rings. The van der Waals surface area contributed by atoms with Crippen molar-refractivity contribution in [2.75, 3.05) is 10.6 Å². The van der Waals surface area contributed by atoms with Gasteiger partial charge in [0.15, 0.2) is 0 Å². The molecule has 2 aromatic rings. The van der Waals surface area contributed by atoms with E-state index in [1.54, 1.807) is 18.6 Å². The number of amides is 1. The lowest BCUT2D eigenvalue weighted by Crippen LogP contribution is -2.09. The molecule has 2 N–H and O–H groups in total. The number of carbonyl (C=O) groups is 1. The second-order valence-corrected chi connectivity index (χ2v) is 4.03. The zero-order valence-electron chi connectivity index (χ0n) is 10.8. The molecular formula is C14H16N4O. The van der Waals surface area contributed by atoms with Crippen molar-refractivity contribution in [3.63, 3.8) is 0 Å². The minimum absolute atomic E-state index is 0.00563. The van der Waals surface area contributed by atoms with E-state index in [1.807, 2.05) is 31.2 Å². The minimum Gasteiger partial charge on any atom is -0.379 e. The van der Waals surface area contributed by atoms with Gasteiger partial charge < -0.3 is 10.6 Å². The van der Waals surface area contributed by atoms with Crippen LogP contribution in [0, 0.1) is 0 Å². The van der Waals surface area contributed by atoms with Crippen molar-refractivity contribution in [1.29, 1.82) is 0 Å². The topological polar surface area (TPSA) is 66.9 Å². The molecule has 0 unspecified atom stereocenters. The smallest absolute Gasteiger partial charge is 0.224 e. The van der Waals surface area contributed by atoms with Crippen LogP contribution in [-0.4, -0.2) is 15.9 Å². The summed E-state index contributed by atoms with van der Waals surface area (Å²) >= 11 is 0. The van der Waals surface area contributed by atoms with Crippen molar-refractivity contribution in [2.45, 2.75) is 19.9 Å². The van der Waals surface area contributed by atoms with E-state index in [-0.39, 0.29) is 5.91 Å². The van der Waals surface area contributed by atoms with Gasteiger partial charge in [0.05, 0.1) is 18.4 Å². The summed E-state index contributed by atoms with van der Waals surface area (Å²) in [6, 6.07) is 7.59. The van der Waals surface area contributed by atoms with Crippen molar-refractivity contribution < 1.29 is 4.79 Å². The monoisotopic (exact) mass is 256 g/mol. The Morgan fingerprint density at radius 3 is 2.84 bits per heavy atom. The van der Waals surface area contributed by atoms with Crippen LogP contribution >= 0.6 is 0 Å². The summed E-state index contributed by atoms with van der Waals surface area (Å²) in [5.74, 6) is 0.00563. The van der Waals surface area contributed by atoms with Crippen molar-refractivity contribution in [3.05, 3.63) is 48.5 Å². The lowest BCUT2D eigenvalue weighted by Gasteiger charge is -2.08. The molecule has 0 radical (unpaired) electrons. The van der Waals surface area contributed by atoms with Gasteiger partial charge in [-0.05, 0) is 18.2 Å². The first-order chi connectivity index (χ1) is 9.28. The molecule has 0 saturated carbocycles. The van der Waals surface area contributed by atoms with Gasteiger partial charge in [-0.25, -0.2) is 0 Å². The van der Waals surface area contributed by atoms with Gasteiger partial charge in [-0.3, -0.25) is 14.8 Å². The predicted octanol–water partition coefficient (Wildman–Crippen LogP) is 2.44. The first-order valence-corrected chi connectivity index (χ1v) is 6.16. The number of aromatic nitrogens is 2. The molecule has 1 aromatic carbocycles. The molecule has 19 heavy (non-hydrogen) atoms. The van der Waals surface area contributed by atoms with E-state index in [9.17, 15) is 4.79 Å². The number of hydrogen-bond donors (Lipinski definition) is 2. The Labute approximate surface area is 112 Å². The van der Waals surface area contributed by atoms with Gasteiger partial charge >= 0.3 is 0 Å². The molecule has 0 saturated heterocycles. The van der Waals surface area contributed by atoms with Crippen LogP contribution < -0.4 is 10.6 Å². The van der Waals surface area contributed by atoms with Crippen molar-refractivity contribution in [3.8, 4) is 0 Å². The van der Waals surface area contributed by atoms with Gasteiger partial charge in [0, 0.05) is 30.2 Å². The molecule has 0 spiro atoms. The van der Waals surface area contributed by atoms with Crippen molar-refractivity contribution in [1.82, 2.24) is 9.97 Å². The summed E-state index contributed by atoms with van der Waals surface area (Å²) in [6.45, 7) is 2.42. The van der Waals surface area contributed by atoms with Crippen LogP contribution in [0.3, 0.4) is 0 Å². The Morgan fingerprint density at radius 1 is 1.26 bits per heavy atom. The van der Waals surface area contributed by atoms with Crippen molar-refractivity contribution in [2.24, 2.45) is 0 Å². The summed E-state index contributed by atoms with van der Waals surface area (Å²) in [6.07, 6.45) is 5.49. The second-order valence-electron chi connectivity index (χ2n) is 4.03. The molecule has 0 fully saturated rings. The number of hydrogen-bond acceptors (Lipinski definition) is 4. The Kier molecular flexibility index (Phi) is 4.44. The molecule has 0 aliphatic carbocycles. The molecular weight excluding hydrogens is 240 g/mol. The highest BCUT2D eigenvalue weighted by Gasteiger charge is 2.00. The van der Waals surface area contributed by atoms with Gasteiger partial charge in [0.25, 0.3) is 0 Å². The highest BCUT2D eigenvalue weighted by molar-refractivity contribution is 5.90. The normalized spacial score (nSPS) is 9.95. The molecule has 5 heteroatoms. The second kappa shape index (κ2) is 6.49. The lowest BCUT2D eigenvalue weighted by atomic mass is 10.2. The maximum absolute atomic E-state index is 11.3. The summed E-state index contributed by atoms with van der Waals surface area (Å²) in [5, 5.41) is 6.06. The number of rotatable bonds is 5. The van der Waals surface area contributed by atoms with E-state index in [1.165, 1.54) is 0 Å². The number of carbonyl (C=O) groups excluding carboxylic acids is 1. The summed E-state index contributed by atoms with van der Waals surface area (Å²) < 4.78 is 0. The van der Waals surface area contributed by atoms with E-state index >= 15 is 0 Å². The van der Waals surface area contributed by atoms with Crippen LogP contribution in [0.1, 0.15) is 19.0 Å². The van der Waals surface area contributed by atoms with E-state index in [4.69, 9.17) is 0 Å². The third-order valence-electron chi connectivity index (χ3n) is 2.56. The fourth-order valence-electron chi connectivity index (χ4n) is 1.57. The molecule has 0 aliphatic heterocycles. The summed E-state index contributed by atoms with van der Waals surface area (Å²) in [7, 11) is 0. The molecule has 0 atom stereocenters. The van der Waals surface area contributed by atoms with E-state index < -0.39 is 0 Å². The van der Waals surface area contributed by atoms with Crippen LogP contribution in [0.15, 0.2) is 42.9 Å². The molecule has 5 nitrogen and oxygen atoms in total. The van der Waals surface area contributed by atoms with Crippen LogP contribution in [0.4, 0.5) is 11.4 Å². The van der Waals surface area contributed by atoms with Gasteiger partial charge in [-0.15, -0.1) is 0 Å². The van der Waals surface area contributed by atoms with Gasteiger partial charge in [-0.2, -0.15) is 0 Å². The Hall–Kier alpha value is -2.43. The quantitative estimate of drug-likeness (QED) is 0.862. The fraction of sp³-hybridized carbons (Fsp3) is 0.214. The molecule has 1 aromatic heterocycles.